The summed E-state index contributed by atoms with van der Waals surface area (Å²) in [6.45, 7) is 1.45. The standard InChI is InChI=1S/C15H23N3O2/c16-1-2-19-9-13-17-14(18-20-13)15-6-10-3-11(7-15)5-12(4-10)8-15/h10-12H,1-9,16H2. The van der Waals surface area contributed by atoms with E-state index in [1.54, 1.807) is 0 Å². The Morgan fingerprint density at radius 2 is 1.80 bits per heavy atom. The molecule has 4 aliphatic carbocycles. The lowest BCUT2D eigenvalue weighted by Crippen LogP contribution is -2.49. The highest BCUT2D eigenvalue weighted by Gasteiger charge is 2.53. The zero-order valence-electron chi connectivity index (χ0n) is 11.9. The molecule has 5 rings (SSSR count). The fraction of sp³-hybridized carbons (Fsp3) is 0.867. The number of aromatic nitrogens is 2. The van der Waals surface area contributed by atoms with E-state index in [0.29, 0.717) is 25.6 Å². The Kier molecular flexibility index (Phi) is 3.07. The number of nitrogens with two attached hydrogens (primary N) is 1. The van der Waals surface area contributed by atoms with Gasteiger partial charge < -0.3 is 15.0 Å². The second-order valence-corrected chi connectivity index (χ2v) is 7.05. The van der Waals surface area contributed by atoms with Crippen LogP contribution in [0.4, 0.5) is 0 Å². The molecule has 0 atom stereocenters. The van der Waals surface area contributed by atoms with Gasteiger partial charge in [-0.05, 0) is 56.3 Å². The molecule has 4 fully saturated rings. The minimum atomic E-state index is 0.213. The summed E-state index contributed by atoms with van der Waals surface area (Å²) in [6, 6.07) is 0. The quantitative estimate of drug-likeness (QED) is 0.833. The van der Waals surface area contributed by atoms with Gasteiger partial charge in [0.2, 0.25) is 0 Å². The lowest BCUT2D eigenvalue weighted by molar-refractivity contribution is -0.0103. The summed E-state index contributed by atoms with van der Waals surface area (Å²) in [7, 11) is 0. The Balaban J connectivity index is 1.52. The van der Waals surface area contributed by atoms with Gasteiger partial charge >= 0.3 is 0 Å². The molecule has 0 aromatic carbocycles. The summed E-state index contributed by atoms with van der Waals surface area (Å²) >= 11 is 0. The van der Waals surface area contributed by atoms with Gasteiger partial charge in [-0.25, -0.2) is 0 Å². The third-order valence-electron chi connectivity index (χ3n) is 5.47. The predicted octanol–water partition coefficient (Wildman–Crippen LogP) is 2.01. The SMILES string of the molecule is NCCOCc1nc(C23CC4CC(CC(C4)C2)C3)no1. The second kappa shape index (κ2) is 4.81. The van der Waals surface area contributed by atoms with Crippen molar-refractivity contribution >= 4 is 0 Å². The summed E-state index contributed by atoms with van der Waals surface area (Å²) in [4.78, 5) is 4.63. The van der Waals surface area contributed by atoms with E-state index in [9.17, 15) is 0 Å². The average Bonchev–Trinajstić information content (AvgIpc) is 2.87. The topological polar surface area (TPSA) is 74.2 Å². The maximum absolute atomic E-state index is 5.41. The Labute approximate surface area is 119 Å². The van der Waals surface area contributed by atoms with Gasteiger partial charge in [0.1, 0.15) is 6.61 Å². The fourth-order valence-electron chi connectivity index (χ4n) is 5.16. The molecule has 1 aromatic rings. The largest absolute Gasteiger partial charge is 0.370 e. The van der Waals surface area contributed by atoms with E-state index in [-0.39, 0.29) is 5.41 Å². The lowest BCUT2D eigenvalue weighted by Gasteiger charge is -2.55. The van der Waals surface area contributed by atoms with E-state index in [1.807, 2.05) is 0 Å². The first-order valence-electron chi connectivity index (χ1n) is 7.88. The van der Waals surface area contributed by atoms with E-state index in [2.05, 4.69) is 10.1 Å². The van der Waals surface area contributed by atoms with E-state index >= 15 is 0 Å². The molecule has 4 bridgehead atoms. The van der Waals surface area contributed by atoms with Crippen LogP contribution in [-0.4, -0.2) is 23.3 Å². The van der Waals surface area contributed by atoms with Crippen molar-refractivity contribution in [1.29, 1.82) is 0 Å². The summed E-state index contributed by atoms with van der Waals surface area (Å²) < 4.78 is 10.8. The molecule has 0 saturated heterocycles. The highest BCUT2D eigenvalue weighted by Crippen LogP contribution is 2.60. The van der Waals surface area contributed by atoms with Crippen LogP contribution in [0.5, 0.6) is 0 Å². The normalized spacial score (nSPS) is 38.5. The van der Waals surface area contributed by atoms with Crippen molar-refractivity contribution in [3.8, 4) is 0 Å². The fourth-order valence-corrected chi connectivity index (χ4v) is 5.16. The third kappa shape index (κ3) is 2.07. The van der Waals surface area contributed by atoms with Crippen molar-refractivity contribution in [2.75, 3.05) is 13.2 Å². The number of nitrogens with zero attached hydrogens (tertiary/aromatic N) is 2. The van der Waals surface area contributed by atoms with E-state index in [0.717, 1.165) is 23.6 Å². The first-order chi connectivity index (χ1) is 9.77. The van der Waals surface area contributed by atoms with Crippen LogP contribution in [0.3, 0.4) is 0 Å². The van der Waals surface area contributed by atoms with Crippen LogP contribution in [0.25, 0.3) is 0 Å². The smallest absolute Gasteiger partial charge is 0.252 e. The molecule has 110 valence electrons. The zero-order chi connectivity index (χ0) is 13.6. The molecule has 4 saturated carbocycles. The minimum Gasteiger partial charge on any atom is -0.370 e. The molecule has 1 aromatic heterocycles. The van der Waals surface area contributed by atoms with Crippen LogP contribution in [0.1, 0.15) is 50.2 Å². The van der Waals surface area contributed by atoms with Crippen LogP contribution in [0.15, 0.2) is 4.52 Å². The Bertz CT molecular complexity index is 450. The van der Waals surface area contributed by atoms with E-state index < -0.39 is 0 Å². The molecule has 5 heteroatoms. The maximum atomic E-state index is 5.41. The molecule has 1 heterocycles. The van der Waals surface area contributed by atoms with Gasteiger partial charge in [-0.15, -0.1) is 0 Å². The maximum Gasteiger partial charge on any atom is 0.252 e. The highest BCUT2D eigenvalue weighted by atomic mass is 16.5. The number of hydrogen-bond acceptors (Lipinski definition) is 5. The molecule has 4 aliphatic rings. The summed E-state index contributed by atoms with van der Waals surface area (Å²) in [6.07, 6.45) is 8.10. The lowest BCUT2D eigenvalue weighted by atomic mass is 9.49. The van der Waals surface area contributed by atoms with Gasteiger partial charge in [-0.1, -0.05) is 5.16 Å². The van der Waals surface area contributed by atoms with Crippen LogP contribution in [0, 0.1) is 17.8 Å². The van der Waals surface area contributed by atoms with Crippen molar-refractivity contribution in [1.82, 2.24) is 10.1 Å². The van der Waals surface area contributed by atoms with E-state index in [1.165, 1.54) is 38.5 Å². The molecular weight excluding hydrogens is 254 g/mol. The molecule has 0 radical (unpaired) electrons. The summed E-state index contributed by atoms with van der Waals surface area (Å²) in [5.41, 5.74) is 5.62. The van der Waals surface area contributed by atoms with Gasteiger partial charge in [-0.3, -0.25) is 0 Å². The van der Waals surface area contributed by atoms with Crippen molar-refractivity contribution < 1.29 is 9.26 Å². The highest BCUT2D eigenvalue weighted by molar-refractivity contribution is 5.16. The summed E-state index contributed by atoms with van der Waals surface area (Å²) in [5.74, 6) is 4.25. The van der Waals surface area contributed by atoms with Crippen molar-refractivity contribution in [2.45, 2.75) is 50.5 Å². The van der Waals surface area contributed by atoms with Crippen LogP contribution < -0.4 is 5.73 Å². The molecule has 0 aliphatic heterocycles. The molecule has 2 N–H and O–H groups in total. The van der Waals surface area contributed by atoms with Gasteiger partial charge in [0, 0.05) is 12.0 Å². The van der Waals surface area contributed by atoms with Crippen LogP contribution in [0.2, 0.25) is 0 Å². The molecular formula is C15H23N3O2. The molecule has 0 unspecified atom stereocenters. The van der Waals surface area contributed by atoms with Crippen LogP contribution in [-0.2, 0) is 16.8 Å². The van der Waals surface area contributed by atoms with Gasteiger partial charge in [0.15, 0.2) is 5.82 Å². The molecule has 0 spiro atoms. The third-order valence-corrected chi connectivity index (χ3v) is 5.47. The Hall–Kier alpha value is -0.940. The zero-order valence-corrected chi connectivity index (χ0v) is 11.9. The molecule has 20 heavy (non-hydrogen) atoms. The second-order valence-electron chi connectivity index (χ2n) is 7.05. The minimum absolute atomic E-state index is 0.213. The Morgan fingerprint density at radius 1 is 1.15 bits per heavy atom. The first-order valence-corrected chi connectivity index (χ1v) is 7.88. The average molecular weight is 277 g/mol. The molecule has 0 amide bonds. The predicted molar refractivity (Wildman–Crippen MR) is 72.9 cm³/mol. The number of ether oxygens (including phenoxy) is 1. The van der Waals surface area contributed by atoms with Gasteiger partial charge in [-0.2, -0.15) is 4.98 Å². The van der Waals surface area contributed by atoms with Gasteiger partial charge in [0.05, 0.1) is 6.61 Å². The summed E-state index contributed by atoms with van der Waals surface area (Å²) in [5, 5.41) is 4.29. The van der Waals surface area contributed by atoms with E-state index in [4.69, 9.17) is 15.0 Å². The van der Waals surface area contributed by atoms with Crippen molar-refractivity contribution in [3.63, 3.8) is 0 Å². The van der Waals surface area contributed by atoms with Crippen LogP contribution >= 0.6 is 0 Å². The Morgan fingerprint density at radius 3 is 2.40 bits per heavy atom. The number of rotatable bonds is 5. The molecule has 5 nitrogen and oxygen atoms in total. The number of hydrogen-bond donors (Lipinski definition) is 1. The van der Waals surface area contributed by atoms with Gasteiger partial charge in [0.25, 0.3) is 5.89 Å². The monoisotopic (exact) mass is 277 g/mol. The van der Waals surface area contributed by atoms with Crippen molar-refractivity contribution in [2.24, 2.45) is 23.5 Å². The van der Waals surface area contributed by atoms with Crippen molar-refractivity contribution in [3.05, 3.63) is 11.7 Å². The first kappa shape index (κ1) is 12.8.